The fourth-order valence-corrected chi connectivity index (χ4v) is 2.51. The van der Waals surface area contributed by atoms with Gasteiger partial charge in [0.25, 0.3) is 0 Å². The van der Waals surface area contributed by atoms with Gasteiger partial charge < -0.3 is 16.0 Å². The number of nitrogens with one attached hydrogen (secondary N) is 3. The van der Waals surface area contributed by atoms with Crippen molar-refractivity contribution >= 4 is 40.8 Å². The molecule has 26 heavy (non-hydrogen) atoms. The molecule has 0 saturated carbocycles. The SMILES string of the molecule is Cc1cc(Nc2cc(Nc3c(Cl)cccc3C#N)c(C=N)cn2)ncn1. The molecule has 7 nitrogen and oxygen atoms in total. The molecule has 0 radical (unpaired) electrons. The minimum absolute atomic E-state index is 0.408. The number of anilines is 4. The standard InChI is InChI=1S/C18H14ClN7/c1-11-5-16(24-10-23-11)26-17-6-15(13(8-21)9-22-17)25-18-12(7-20)3-2-4-14(18)19/h2-6,8-10,21H,1H3,(H2,22,23,24,25,26). The highest BCUT2D eigenvalue weighted by molar-refractivity contribution is 6.33. The fraction of sp³-hybridized carbons (Fsp3) is 0.0556. The van der Waals surface area contributed by atoms with Gasteiger partial charge in [-0.3, -0.25) is 0 Å². The summed E-state index contributed by atoms with van der Waals surface area (Å²) in [5, 5.41) is 23.5. The van der Waals surface area contributed by atoms with Crippen LogP contribution in [0, 0.1) is 23.7 Å². The van der Waals surface area contributed by atoms with E-state index in [1.807, 2.05) is 6.92 Å². The van der Waals surface area contributed by atoms with Gasteiger partial charge in [0.05, 0.1) is 22.0 Å². The van der Waals surface area contributed by atoms with E-state index in [1.165, 1.54) is 12.5 Å². The Bertz CT molecular complexity index is 1010. The Labute approximate surface area is 155 Å². The van der Waals surface area contributed by atoms with Gasteiger partial charge in [-0.15, -0.1) is 0 Å². The van der Waals surface area contributed by atoms with Gasteiger partial charge in [0.1, 0.15) is 24.0 Å². The summed E-state index contributed by atoms with van der Waals surface area (Å²) >= 11 is 6.22. The Hall–Kier alpha value is -3.50. The third-order valence-electron chi connectivity index (χ3n) is 3.54. The largest absolute Gasteiger partial charge is 0.353 e. The zero-order valence-electron chi connectivity index (χ0n) is 13.8. The summed E-state index contributed by atoms with van der Waals surface area (Å²) in [7, 11) is 0. The van der Waals surface area contributed by atoms with Crippen molar-refractivity contribution in [1.82, 2.24) is 15.0 Å². The molecule has 0 bridgehead atoms. The van der Waals surface area contributed by atoms with Crippen molar-refractivity contribution in [2.75, 3.05) is 10.6 Å². The van der Waals surface area contributed by atoms with Gasteiger partial charge in [0, 0.05) is 35.8 Å². The maximum atomic E-state index is 9.29. The average Bonchev–Trinajstić information content (AvgIpc) is 2.63. The molecule has 128 valence electrons. The summed E-state index contributed by atoms with van der Waals surface area (Å²) in [6.07, 6.45) is 4.19. The van der Waals surface area contributed by atoms with Gasteiger partial charge in [-0.2, -0.15) is 5.26 Å². The molecule has 2 aromatic heterocycles. The number of nitriles is 1. The average molecular weight is 364 g/mol. The molecule has 0 fully saturated rings. The minimum Gasteiger partial charge on any atom is -0.353 e. The smallest absolute Gasteiger partial charge is 0.135 e. The number of halogens is 1. The van der Waals surface area contributed by atoms with Crippen LogP contribution in [0.2, 0.25) is 5.02 Å². The molecule has 0 aliphatic heterocycles. The molecule has 0 amide bonds. The molecule has 2 heterocycles. The van der Waals surface area contributed by atoms with Crippen LogP contribution in [0.25, 0.3) is 0 Å². The van der Waals surface area contributed by atoms with E-state index in [0.717, 1.165) is 5.69 Å². The summed E-state index contributed by atoms with van der Waals surface area (Å²) in [5.74, 6) is 1.13. The molecular weight excluding hydrogens is 350 g/mol. The lowest BCUT2D eigenvalue weighted by molar-refractivity contribution is 1.10. The highest BCUT2D eigenvalue weighted by Gasteiger charge is 2.11. The second-order valence-corrected chi connectivity index (χ2v) is 5.78. The van der Waals surface area contributed by atoms with Crippen LogP contribution in [0.5, 0.6) is 0 Å². The van der Waals surface area contributed by atoms with Crippen LogP contribution in [0.3, 0.4) is 0 Å². The second kappa shape index (κ2) is 7.59. The third-order valence-corrected chi connectivity index (χ3v) is 3.86. The molecule has 8 heteroatoms. The van der Waals surface area contributed by atoms with Crippen molar-refractivity contribution in [2.45, 2.75) is 6.92 Å². The predicted molar refractivity (Wildman–Crippen MR) is 102 cm³/mol. The lowest BCUT2D eigenvalue weighted by Gasteiger charge is -2.14. The van der Waals surface area contributed by atoms with Crippen LogP contribution < -0.4 is 10.6 Å². The maximum absolute atomic E-state index is 9.29. The van der Waals surface area contributed by atoms with E-state index in [4.69, 9.17) is 17.0 Å². The summed E-state index contributed by atoms with van der Waals surface area (Å²) in [5.41, 5.74) is 2.86. The molecule has 0 atom stereocenters. The molecule has 3 N–H and O–H groups in total. The summed E-state index contributed by atoms with van der Waals surface area (Å²) in [6.45, 7) is 1.87. The lowest BCUT2D eigenvalue weighted by atomic mass is 10.1. The van der Waals surface area contributed by atoms with Crippen LogP contribution in [0.4, 0.5) is 23.0 Å². The molecule has 0 spiro atoms. The van der Waals surface area contributed by atoms with Crippen LogP contribution in [0.15, 0.2) is 42.9 Å². The summed E-state index contributed by atoms with van der Waals surface area (Å²) < 4.78 is 0. The van der Waals surface area contributed by atoms with Crippen LogP contribution in [-0.4, -0.2) is 21.2 Å². The number of rotatable bonds is 5. The first-order valence-corrected chi connectivity index (χ1v) is 8.00. The highest BCUT2D eigenvalue weighted by atomic mass is 35.5. The van der Waals surface area contributed by atoms with Crippen molar-refractivity contribution in [3.05, 3.63) is 64.7 Å². The molecule has 0 unspecified atom stereocenters. The molecule has 0 aliphatic carbocycles. The van der Waals surface area contributed by atoms with Gasteiger partial charge in [0.2, 0.25) is 0 Å². The minimum atomic E-state index is 0.408. The van der Waals surface area contributed by atoms with E-state index in [9.17, 15) is 5.26 Å². The van der Waals surface area contributed by atoms with E-state index < -0.39 is 0 Å². The topological polar surface area (TPSA) is 110 Å². The van der Waals surface area contributed by atoms with Crippen LogP contribution >= 0.6 is 11.6 Å². The normalized spacial score (nSPS) is 10.0. The number of hydrogen-bond acceptors (Lipinski definition) is 7. The van der Waals surface area contributed by atoms with Crippen molar-refractivity contribution in [3.63, 3.8) is 0 Å². The van der Waals surface area contributed by atoms with Crippen molar-refractivity contribution < 1.29 is 0 Å². The molecule has 1 aromatic carbocycles. The molecule has 0 aliphatic rings. The van der Waals surface area contributed by atoms with Crippen LogP contribution in [0.1, 0.15) is 16.8 Å². The predicted octanol–water partition coefficient (Wildman–Crippen LogP) is 4.19. The first-order valence-electron chi connectivity index (χ1n) is 7.62. The van der Waals surface area contributed by atoms with E-state index in [2.05, 4.69) is 31.7 Å². The Morgan fingerprint density at radius 1 is 1.15 bits per heavy atom. The Morgan fingerprint density at radius 3 is 2.69 bits per heavy atom. The van der Waals surface area contributed by atoms with Gasteiger partial charge in [-0.1, -0.05) is 17.7 Å². The molecule has 3 aromatic rings. The van der Waals surface area contributed by atoms with Crippen molar-refractivity contribution in [3.8, 4) is 6.07 Å². The van der Waals surface area contributed by atoms with E-state index in [-0.39, 0.29) is 0 Å². The number of pyridine rings is 1. The Balaban J connectivity index is 1.97. The monoisotopic (exact) mass is 363 g/mol. The number of hydrogen-bond donors (Lipinski definition) is 3. The van der Waals surface area contributed by atoms with Gasteiger partial charge >= 0.3 is 0 Å². The maximum Gasteiger partial charge on any atom is 0.135 e. The number of aryl methyl sites for hydroxylation is 1. The van der Waals surface area contributed by atoms with Gasteiger partial charge in [0.15, 0.2) is 0 Å². The quantitative estimate of drug-likeness (QED) is 0.586. The van der Waals surface area contributed by atoms with Crippen LogP contribution in [-0.2, 0) is 0 Å². The fourth-order valence-electron chi connectivity index (χ4n) is 2.29. The summed E-state index contributed by atoms with van der Waals surface area (Å²) in [4.78, 5) is 12.5. The second-order valence-electron chi connectivity index (χ2n) is 5.37. The molecular formula is C18H14ClN7. The Morgan fingerprint density at radius 2 is 1.96 bits per heavy atom. The number of para-hydroxylation sites is 1. The molecule has 0 saturated heterocycles. The number of nitrogens with zero attached hydrogens (tertiary/aromatic N) is 4. The highest BCUT2D eigenvalue weighted by Crippen LogP contribution is 2.31. The van der Waals surface area contributed by atoms with E-state index in [0.29, 0.717) is 39.2 Å². The molecule has 3 rings (SSSR count). The third kappa shape index (κ3) is 3.77. The first kappa shape index (κ1) is 17.3. The lowest BCUT2D eigenvalue weighted by Crippen LogP contribution is -2.02. The van der Waals surface area contributed by atoms with Gasteiger partial charge in [-0.05, 0) is 19.1 Å². The zero-order chi connectivity index (χ0) is 18.5. The van der Waals surface area contributed by atoms with Gasteiger partial charge in [-0.25, -0.2) is 15.0 Å². The number of aromatic nitrogens is 3. The first-order chi connectivity index (χ1) is 12.6. The van der Waals surface area contributed by atoms with E-state index in [1.54, 1.807) is 36.5 Å². The Kier molecular flexibility index (Phi) is 5.06. The summed E-state index contributed by atoms with van der Waals surface area (Å²) in [6, 6.07) is 10.7. The zero-order valence-corrected chi connectivity index (χ0v) is 14.5. The van der Waals surface area contributed by atoms with E-state index >= 15 is 0 Å². The van der Waals surface area contributed by atoms with Crippen molar-refractivity contribution in [2.24, 2.45) is 0 Å². The van der Waals surface area contributed by atoms with Crippen molar-refractivity contribution in [1.29, 1.82) is 10.7 Å². The number of benzene rings is 1.